The average molecular weight is 538 g/mol. The Bertz CT molecular complexity index is 479. The Morgan fingerprint density at radius 3 is 1.20 bits per heavy atom. The van der Waals surface area contributed by atoms with Crippen LogP contribution in [0.1, 0.15) is 25.0 Å². The SMILES string of the molecule is CC(=O)OCc1c(Br)c(Br)c(COC(C)=O)c(Br)c1Br. The molecule has 8 heteroatoms. The molecule has 0 aromatic heterocycles. The van der Waals surface area contributed by atoms with Crippen molar-refractivity contribution in [1.29, 1.82) is 0 Å². The van der Waals surface area contributed by atoms with Crippen molar-refractivity contribution >= 4 is 75.7 Å². The number of benzene rings is 1. The normalized spacial score (nSPS) is 10.3. The van der Waals surface area contributed by atoms with Crippen molar-refractivity contribution in [2.75, 3.05) is 0 Å². The minimum absolute atomic E-state index is 0.127. The number of halogens is 4. The zero-order valence-corrected chi connectivity index (χ0v) is 16.9. The van der Waals surface area contributed by atoms with Crippen LogP contribution in [0.15, 0.2) is 17.9 Å². The quantitative estimate of drug-likeness (QED) is 0.407. The second kappa shape index (κ2) is 7.91. The van der Waals surface area contributed by atoms with Gasteiger partial charge in [0.25, 0.3) is 0 Å². The van der Waals surface area contributed by atoms with Crippen LogP contribution in [-0.2, 0) is 32.3 Å². The van der Waals surface area contributed by atoms with E-state index in [4.69, 9.17) is 9.47 Å². The van der Waals surface area contributed by atoms with Gasteiger partial charge in [-0.15, -0.1) is 0 Å². The summed E-state index contributed by atoms with van der Waals surface area (Å²) in [6.45, 7) is 2.95. The fourth-order valence-corrected chi connectivity index (χ4v) is 4.06. The molecule has 1 aromatic carbocycles. The Hall–Kier alpha value is 0.0800. The Labute approximate surface area is 150 Å². The molecule has 0 heterocycles. The van der Waals surface area contributed by atoms with Crippen LogP contribution in [0.3, 0.4) is 0 Å². The molecule has 0 saturated carbocycles. The maximum absolute atomic E-state index is 10.9. The van der Waals surface area contributed by atoms with E-state index in [1.54, 1.807) is 0 Å². The fraction of sp³-hybridized carbons (Fsp3) is 0.333. The van der Waals surface area contributed by atoms with Gasteiger partial charge in [-0.05, 0) is 63.7 Å². The molecule has 0 spiro atoms. The lowest BCUT2D eigenvalue weighted by molar-refractivity contribution is -0.143. The van der Waals surface area contributed by atoms with Crippen LogP contribution in [-0.4, -0.2) is 11.9 Å². The second-order valence-corrected chi connectivity index (χ2v) is 6.95. The first-order valence-electron chi connectivity index (χ1n) is 5.36. The van der Waals surface area contributed by atoms with E-state index in [1.807, 2.05) is 0 Å². The van der Waals surface area contributed by atoms with Crippen LogP contribution in [0.5, 0.6) is 0 Å². The summed E-state index contributed by atoms with van der Waals surface area (Å²) in [6.07, 6.45) is 0. The van der Waals surface area contributed by atoms with Crippen LogP contribution in [0, 0.1) is 0 Å². The molecular formula is C12H10Br4O4. The molecular weight excluding hydrogens is 528 g/mol. The highest BCUT2D eigenvalue weighted by Crippen LogP contribution is 2.42. The van der Waals surface area contributed by atoms with E-state index in [0.29, 0.717) is 0 Å². The number of carbonyl (C=O) groups excluding carboxylic acids is 2. The van der Waals surface area contributed by atoms with Gasteiger partial charge in [-0.3, -0.25) is 9.59 Å². The van der Waals surface area contributed by atoms with E-state index >= 15 is 0 Å². The molecule has 0 N–H and O–H groups in total. The Morgan fingerprint density at radius 1 is 0.750 bits per heavy atom. The number of hydrogen-bond donors (Lipinski definition) is 0. The third-order valence-electron chi connectivity index (χ3n) is 2.28. The molecule has 0 atom stereocenters. The molecule has 0 aliphatic heterocycles. The van der Waals surface area contributed by atoms with Gasteiger partial charge < -0.3 is 9.47 Å². The molecule has 0 unspecified atom stereocenters. The summed E-state index contributed by atoms with van der Waals surface area (Å²) in [5.41, 5.74) is 1.54. The topological polar surface area (TPSA) is 52.6 Å². The second-order valence-electron chi connectivity index (χ2n) is 3.77. The van der Waals surface area contributed by atoms with Crippen LogP contribution < -0.4 is 0 Å². The molecule has 0 amide bonds. The third-order valence-corrected chi connectivity index (χ3v) is 6.85. The van der Waals surface area contributed by atoms with Gasteiger partial charge in [0.2, 0.25) is 0 Å². The van der Waals surface area contributed by atoms with Crippen molar-refractivity contribution in [3.63, 3.8) is 0 Å². The number of esters is 2. The molecule has 0 aliphatic rings. The zero-order valence-electron chi connectivity index (χ0n) is 10.6. The van der Waals surface area contributed by atoms with Crippen molar-refractivity contribution in [3.8, 4) is 0 Å². The molecule has 0 bridgehead atoms. The van der Waals surface area contributed by atoms with Gasteiger partial charge in [0.15, 0.2) is 0 Å². The van der Waals surface area contributed by atoms with Crippen molar-refractivity contribution < 1.29 is 19.1 Å². The standard InChI is InChI=1S/C12H10Br4O4/c1-5(17)19-3-7-9(13)11(15)8(4-20-6(2)18)12(16)10(7)14/h3-4H2,1-2H3. The maximum Gasteiger partial charge on any atom is 0.302 e. The summed E-state index contributed by atoms with van der Waals surface area (Å²) in [5, 5.41) is 0. The molecule has 0 radical (unpaired) electrons. The van der Waals surface area contributed by atoms with Gasteiger partial charge in [-0.2, -0.15) is 0 Å². The first-order valence-corrected chi connectivity index (χ1v) is 8.53. The summed E-state index contributed by atoms with van der Waals surface area (Å²) < 4.78 is 13.0. The van der Waals surface area contributed by atoms with E-state index in [1.165, 1.54) is 13.8 Å². The minimum Gasteiger partial charge on any atom is -0.461 e. The number of hydrogen-bond acceptors (Lipinski definition) is 4. The monoisotopic (exact) mass is 534 g/mol. The van der Waals surface area contributed by atoms with Gasteiger partial charge in [-0.25, -0.2) is 0 Å². The van der Waals surface area contributed by atoms with Gasteiger partial charge in [0.1, 0.15) is 13.2 Å². The van der Waals surface area contributed by atoms with E-state index in [0.717, 1.165) is 29.0 Å². The number of ether oxygens (including phenoxy) is 2. The van der Waals surface area contributed by atoms with Gasteiger partial charge in [0, 0.05) is 42.9 Å². The van der Waals surface area contributed by atoms with E-state index in [9.17, 15) is 9.59 Å². The third kappa shape index (κ3) is 4.54. The summed E-state index contributed by atoms with van der Waals surface area (Å²) in [6, 6.07) is 0. The molecule has 0 aliphatic carbocycles. The summed E-state index contributed by atoms with van der Waals surface area (Å²) >= 11 is 13.8. The Balaban J connectivity index is 3.19. The van der Waals surface area contributed by atoms with Crippen molar-refractivity contribution in [2.45, 2.75) is 27.1 Å². The van der Waals surface area contributed by atoms with E-state index < -0.39 is 0 Å². The summed E-state index contributed by atoms with van der Waals surface area (Å²) in [4.78, 5) is 21.8. The lowest BCUT2D eigenvalue weighted by atomic mass is 10.1. The van der Waals surface area contributed by atoms with Crippen molar-refractivity contribution in [1.82, 2.24) is 0 Å². The highest BCUT2D eigenvalue weighted by Gasteiger charge is 2.20. The van der Waals surface area contributed by atoms with Crippen LogP contribution in [0.2, 0.25) is 0 Å². The Morgan fingerprint density at radius 2 is 1.00 bits per heavy atom. The fourth-order valence-electron chi connectivity index (χ4n) is 1.32. The average Bonchev–Trinajstić information content (AvgIpc) is 2.35. The highest BCUT2D eigenvalue weighted by atomic mass is 79.9. The first kappa shape index (κ1) is 18.1. The summed E-state index contributed by atoms with van der Waals surface area (Å²) in [5.74, 6) is -0.722. The Kier molecular flexibility index (Phi) is 7.17. The largest absolute Gasteiger partial charge is 0.461 e. The van der Waals surface area contributed by atoms with Gasteiger partial charge in [-0.1, -0.05) is 0 Å². The number of carbonyl (C=O) groups is 2. The highest BCUT2D eigenvalue weighted by molar-refractivity contribution is 9.14. The van der Waals surface area contributed by atoms with Crippen molar-refractivity contribution in [2.24, 2.45) is 0 Å². The lowest BCUT2D eigenvalue weighted by Gasteiger charge is -2.16. The zero-order chi connectivity index (χ0) is 15.4. The van der Waals surface area contributed by atoms with Gasteiger partial charge >= 0.3 is 11.9 Å². The lowest BCUT2D eigenvalue weighted by Crippen LogP contribution is -2.05. The molecule has 110 valence electrons. The van der Waals surface area contributed by atoms with Gasteiger partial charge in [0.05, 0.1) is 0 Å². The minimum atomic E-state index is -0.361. The predicted octanol–water partition coefficient (Wildman–Crippen LogP) is 4.86. The molecule has 4 nitrogen and oxygen atoms in total. The molecule has 0 saturated heterocycles. The van der Waals surface area contributed by atoms with Crippen LogP contribution >= 0.6 is 63.7 Å². The molecule has 0 fully saturated rings. The van der Waals surface area contributed by atoms with Crippen molar-refractivity contribution in [3.05, 3.63) is 29.0 Å². The first-order chi connectivity index (χ1) is 9.25. The van der Waals surface area contributed by atoms with E-state index in [-0.39, 0.29) is 25.2 Å². The van der Waals surface area contributed by atoms with Crippen LogP contribution in [0.4, 0.5) is 0 Å². The molecule has 1 rings (SSSR count). The molecule has 1 aromatic rings. The smallest absolute Gasteiger partial charge is 0.302 e. The summed E-state index contributed by atoms with van der Waals surface area (Å²) in [7, 11) is 0. The predicted molar refractivity (Wildman–Crippen MR) is 88.2 cm³/mol. The maximum atomic E-state index is 10.9. The number of rotatable bonds is 4. The van der Waals surface area contributed by atoms with Crippen LogP contribution in [0.25, 0.3) is 0 Å². The molecule has 20 heavy (non-hydrogen) atoms. The van der Waals surface area contributed by atoms with E-state index in [2.05, 4.69) is 63.7 Å².